The van der Waals surface area contributed by atoms with Gasteiger partial charge in [0, 0.05) is 42.8 Å². The highest BCUT2D eigenvalue weighted by atomic mass is 16.5. The number of amides is 14. The summed E-state index contributed by atoms with van der Waals surface area (Å²) in [5.74, 6) is -26.7. The number of cyclic esters (lactones) is 1. The summed E-state index contributed by atoms with van der Waals surface area (Å²) >= 11 is 0. The van der Waals surface area contributed by atoms with Crippen LogP contribution in [0.5, 0.6) is 5.75 Å². The van der Waals surface area contributed by atoms with Crippen molar-refractivity contribution in [2.24, 2.45) is 11.5 Å². The van der Waals surface area contributed by atoms with E-state index in [9.17, 15) is 122 Å². The largest absolute Gasteiger partial charge is 0.508 e. The molecule has 0 aliphatic carbocycles. The smallest absolute Gasteiger partial charge is 0.329 e. The maximum Gasteiger partial charge on any atom is 0.329 e. The number of rotatable bonds is 34. The average Bonchev–Trinajstić information content (AvgIpc) is 1.57. The van der Waals surface area contributed by atoms with Gasteiger partial charge in [-0.3, -0.25) is 86.3 Å². The average molecular weight is 1570 g/mol. The summed E-state index contributed by atoms with van der Waals surface area (Å²) in [5, 5.41) is 88.3. The molecule has 42 nitrogen and oxygen atoms in total. The van der Waals surface area contributed by atoms with Gasteiger partial charge < -0.3 is 121 Å². The summed E-state index contributed by atoms with van der Waals surface area (Å²) in [6, 6.07) is -10.1. The number of aromatic nitrogens is 1. The molecule has 2 heterocycles. The number of esters is 1. The number of phenols is 1. The van der Waals surface area contributed by atoms with Gasteiger partial charge in [-0.25, -0.2) is 4.79 Å². The monoisotopic (exact) mass is 1560 g/mol. The number of aliphatic hydroxyl groups excluding tert-OH is 1. The summed E-state index contributed by atoms with van der Waals surface area (Å²) < 4.78 is 5.51. The number of hydrogen-bond acceptors (Lipinski definition) is 23. The minimum Gasteiger partial charge on any atom is -0.508 e. The van der Waals surface area contributed by atoms with Crippen molar-refractivity contribution >= 4 is 123 Å². The van der Waals surface area contributed by atoms with Gasteiger partial charge in [-0.15, -0.1) is 0 Å². The second-order valence-electron chi connectivity index (χ2n) is 25.9. The summed E-state index contributed by atoms with van der Waals surface area (Å²) in [6.07, 6.45) is -0.102. The molecule has 0 radical (unpaired) electrons. The van der Waals surface area contributed by atoms with Crippen molar-refractivity contribution < 1.29 is 126 Å². The maximum absolute atomic E-state index is 14.6. The predicted octanol–water partition coefficient (Wildman–Crippen LogP) is -6.16. The van der Waals surface area contributed by atoms with E-state index in [0.717, 1.165) is 51.2 Å². The Morgan fingerprint density at radius 1 is 0.541 bits per heavy atom. The quantitative estimate of drug-likeness (QED) is 0.0195. The van der Waals surface area contributed by atoms with Gasteiger partial charge in [-0.05, 0) is 68.5 Å². The van der Waals surface area contributed by atoms with Crippen molar-refractivity contribution in [3.05, 3.63) is 65.9 Å². The molecule has 1 saturated heterocycles. The van der Waals surface area contributed by atoms with Crippen LogP contribution in [0.2, 0.25) is 0 Å². The topological polar surface area (TPSA) is 679 Å². The Labute approximate surface area is 633 Å². The van der Waals surface area contributed by atoms with Crippen LogP contribution in [0.15, 0.2) is 54.7 Å². The lowest BCUT2D eigenvalue weighted by molar-refractivity contribution is -0.151. The third kappa shape index (κ3) is 32.9. The van der Waals surface area contributed by atoms with Gasteiger partial charge in [-0.1, -0.05) is 75.8 Å². The third-order valence-electron chi connectivity index (χ3n) is 16.9. The molecule has 4 rings (SSSR count). The van der Waals surface area contributed by atoms with Crippen LogP contribution in [0.1, 0.15) is 128 Å². The molecule has 1 aliphatic rings. The molecule has 0 spiro atoms. The highest BCUT2D eigenvalue weighted by molar-refractivity contribution is 6.02. The fraction of sp³-hybridized carbons (Fsp3) is 0.522. The third-order valence-corrected chi connectivity index (χ3v) is 16.9. The number of benzene rings is 2. The van der Waals surface area contributed by atoms with Gasteiger partial charge in [0.1, 0.15) is 78.8 Å². The van der Waals surface area contributed by atoms with E-state index < -0.39 is 250 Å². The van der Waals surface area contributed by atoms with Crippen LogP contribution in [0.25, 0.3) is 10.9 Å². The number of phenolic OH excluding ortho intramolecular Hbond substituents is 1. The molecule has 1 aliphatic heterocycles. The van der Waals surface area contributed by atoms with Crippen molar-refractivity contribution in [1.29, 1.82) is 0 Å². The van der Waals surface area contributed by atoms with Gasteiger partial charge in [0.2, 0.25) is 82.7 Å². The van der Waals surface area contributed by atoms with E-state index in [4.69, 9.17) is 16.2 Å². The zero-order valence-corrected chi connectivity index (χ0v) is 60.8. The zero-order chi connectivity index (χ0) is 82.4. The number of H-pyrrole nitrogens is 1. The fourth-order valence-electron chi connectivity index (χ4n) is 11.0. The molecular weight excluding hydrogens is 1470 g/mol. The predicted molar refractivity (Wildman–Crippen MR) is 383 cm³/mol. The number of carbonyl (C=O) groups excluding carboxylic acids is 15. The van der Waals surface area contributed by atoms with Crippen LogP contribution >= 0.6 is 0 Å². The second-order valence-corrected chi connectivity index (χ2v) is 25.9. The van der Waals surface area contributed by atoms with Gasteiger partial charge >= 0.3 is 29.8 Å². The number of aromatic hydroxyl groups is 1. The number of aliphatic hydroxyl groups is 1. The van der Waals surface area contributed by atoms with E-state index in [1.807, 2.05) is 16.0 Å². The molecule has 1 fully saturated rings. The molecule has 1 aromatic heterocycles. The van der Waals surface area contributed by atoms with Gasteiger partial charge in [0.05, 0.1) is 45.4 Å². The molecular formula is C69H96N16O26. The number of unbranched alkanes of at least 4 members (excludes halogenated alkanes) is 6. The minimum atomic E-state index is -2.34. The SMILES string of the molecule is CCCCCCCCCC(=O)N[C@@H](Cc1c[nH]c2ccccc12)C(=O)N[C@@H](CC(N)=O)C(=O)N[C@@H](CC(=O)O)C(=O)N[C@H]1COC(=O)[C@H](Cc2ccc(O)cc2)NC(=O)[C@H](CCC(=O)O)NC(=O)[C@@H](CO)NC(=O)CNC(=O)[C@H](CC(=O)O)NC(=O)[C@@H](C)NC(=O)[C@H](CC(=O)O)NC(=O)[C@H](CCCN)NC(=O)CNC1=O. The number of primary amides is 1. The molecule has 42 heteroatoms. The Bertz CT molecular complexity index is 3830. The molecule has 608 valence electrons. The van der Waals surface area contributed by atoms with E-state index in [0.29, 0.717) is 29.3 Å². The number of hydrogen-bond donors (Lipinski definition) is 22. The maximum atomic E-state index is 14.6. The minimum absolute atomic E-state index is 0.00634. The molecule has 0 unspecified atom stereocenters. The summed E-state index contributed by atoms with van der Waals surface area (Å²) in [4.78, 5) is 259. The van der Waals surface area contributed by atoms with Crippen LogP contribution in [0.4, 0.5) is 0 Å². The first-order valence-electron chi connectivity index (χ1n) is 35.4. The first-order chi connectivity index (χ1) is 52.6. The molecule has 2 aromatic carbocycles. The summed E-state index contributed by atoms with van der Waals surface area (Å²) in [6.45, 7) is -2.09. The van der Waals surface area contributed by atoms with Crippen LogP contribution in [0, 0.1) is 0 Å². The highest BCUT2D eigenvalue weighted by Gasteiger charge is 2.38. The number of carboxylic acid groups (broad SMARTS) is 4. The normalized spacial score (nSPS) is 20.6. The number of nitrogens with one attached hydrogen (secondary N) is 14. The van der Waals surface area contributed by atoms with Crippen molar-refractivity contribution in [2.45, 2.75) is 196 Å². The number of aliphatic carboxylic acids is 4. The van der Waals surface area contributed by atoms with Crippen molar-refractivity contribution in [3.8, 4) is 5.75 Å². The lowest BCUT2D eigenvalue weighted by Crippen LogP contribution is -2.60. The van der Waals surface area contributed by atoms with E-state index in [1.165, 1.54) is 12.1 Å². The second kappa shape index (κ2) is 46.8. The number of nitrogens with two attached hydrogens (primary N) is 2. The fourth-order valence-corrected chi connectivity index (χ4v) is 11.0. The Balaban J connectivity index is 1.81. The molecule has 0 bridgehead atoms. The van der Waals surface area contributed by atoms with Crippen molar-refractivity contribution in [1.82, 2.24) is 74.1 Å². The zero-order valence-electron chi connectivity index (χ0n) is 60.8. The van der Waals surface area contributed by atoms with E-state index in [-0.39, 0.29) is 43.5 Å². The van der Waals surface area contributed by atoms with Gasteiger partial charge in [-0.2, -0.15) is 0 Å². The van der Waals surface area contributed by atoms with Gasteiger partial charge in [0.15, 0.2) is 0 Å². The molecule has 14 amide bonds. The van der Waals surface area contributed by atoms with Crippen LogP contribution < -0.4 is 80.6 Å². The summed E-state index contributed by atoms with van der Waals surface area (Å²) in [5.41, 5.74) is 12.6. The van der Waals surface area contributed by atoms with Gasteiger partial charge in [0.25, 0.3) is 0 Å². The number of aromatic amines is 1. The highest BCUT2D eigenvalue weighted by Crippen LogP contribution is 2.21. The standard InChI is InChI=1S/C69H96N16O26/c1-3-4-5-6-7-8-9-16-52(89)77-43(25-37-30-72-40-14-11-10-13-39(37)40)65(106)81-44(26-51(71)88)66(107)83-47(29-58(98)99)67(108)85-50-34-111-69(110)48(24-36-17-19-38(87)20-18-36)84-63(104)42(21-22-55(92)93)79-68(109)49(33-86)78-54(91)32-73-60(101)45(27-56(94)95)80-59(100)35(2)75-64(105)46(28-57(96)97)82-62(103)41(15-12-23-70)76-53(90)31-74-61(50)102/h10-11,13-14,17-20,30,35,41-50,72,86-87H,3-9,12,15-16,21-29,31-34,70H2,1-2H3,(H2,71,88)(H,73,101)(H,74,102)(H,75,105)(H,76,90)(H,77,89)(H,78,91)(H,79,109)(H,80,100)(H,81,106)(H,82,103)(H,83,107)(H,84,104)(H,85,108)(H,92,93)(H,94,95)(H,96,97)(H,98,99)/t35-,41+,42+,43+,44+,45+,46+,47+,48+,49-,50+/m1/s1. The number of ether oxygens (including phenoxy) is 1. The van der Waals surface area contributed by atoms with E-state index in [1.54, 1.807) is 30.5 Å². The number of para-hydroxylation sites is 1. The molecule has 3 aromatic rings. The van der Waals surface area contributed by atoms with Crippen molar-refractivity contribution in [2.75, 3.05) is 32.8 Å². The molecule has 11 atom stereocenters. The van der Waals surface area contributed by atoms with Crippen LogP contribution in [0.3, 0.4) is 0 Å². The van der Waals surface area contributed by atoms with Crippen LogP contribution in [-0.2, 0) is 109 Å². The first-order valence-corrected chi connectivity index (χ1v) is 35.4. The first kappa shape index (κ1) is 91.0. The molecule has 111 heavy (non-hydrogen) atoms. The number of fused-ring (bicyclic) bond motifs is 1. The van der Waals surface area contributed by atoms with E-state index >= 15 is 0 Å². The number of carboxylic acids is 4. The summed E-state index contributed by atoms with van der Waals surface area (Å²) in [7, 11) is 0. The number of carbonyl (C=O) groups is 19. The van der Waals surface area contributed by atoms with Crippen molar-refractivity contribution in [3.63, 3.8) is 0 Å². The Morgan fingerprint density at radius 2 is 1.07 bits per heavy atom. The van der Waals surface area contributed by atoms with Crippen LogP contribution in [-0.4, -0.2) is 247 Å². The molecule has 24 N–H and O–H groups in total. The Kier molecular flexibility index (Phi) is 38.3. The Hall–Kier alpha value is -12.4. The van der Waals surface area contributed by atoms with E-state index in [2.05, 4.69) is 65.1 Å². The lowest BCUT2D eigenvalue weighted by atomic mass is 10.0. The molecule has 0 saturated carbocycles. The lowest BCUT2D eigenvalue weighted by Gasteiger charge is -2.26. The Morgan fingerprint density at radius 3 is 1.67 bits per heavy atom.